The van der Waals surface area contributed by atoms with Gasteiger partial charge in [0.1, 0.15) is 11.6 Å². The van der Waals surface area contributed by atoms with Gasteiger partial charge in [0.2, 0.25) is 0 Å². The van der Waals surface area contributed by atoms with Crippen molar-refractivity contribution < 1.29 is 0 Å². The molecule has 2 aromatic heterocycles. The van der Waals surface area contributed by atoms with Gasteiger partial charge in [-0.1, -0.05) is 48.7 Å². The molecule has 3 heterocycles. The second-order valence-corrected chi connectivity index (χ2v) is 11.7. The molecule has 6 nitrogen and oxygen atoms in total. The molecular formula is C32H42N6. The van der Waals surface area contributed by atoms with Crippen LogP contribution in [0.4, 0.5) is 5.82 Å². The highest BCUT2D eigenvalue weighted by Gasteiger charge is 2.24. The third kappa shape index (κ3) is 4.92. The van der Waals surface area contributed by atoms with Crippen molar-refractivity contribution in [2.24, 2.45) is 5.92 Å². The second kappa shape index (κ2) is 10.7. The Morgan fingerprint density at radius 3 is 2.34 bits per heavy atom. The number of aromatic nitrogens is 3. The number of nitrogens with one attached hydrogen (secondary N) is 2. The zero-order chi connectivity index (χ0) is 26.2. The number of hydrazine groups is 1. The third-order valence-electron chi connectivity index (χ3n) is 8.67. The molecule has 6 rings (SSSR count). The Kier molecular flexibility index (Phi) is 7.10. The Morgan fingerprint density at radius 1 is 0.895 bits per heavy atom. The van der Waals surface area contributed by atoms with E-state index in [1.165, 1.54) is 91.3 Å². The number of benzene rings is 2. The fourth-order valence-electron chi connectivity index (χ4n) is 6.90. The summed E-state index contributed by atoms with van der Waals surface area (Å²) in [6.45, 7) is 11.9. The Balaban J connectivity index is 1.24. The number of para-hydroxylation sites is 1. The molecule has 200 valence electrons. The van der Waals surface area contributed by atoms with Crippen LogP contribution in [-0.4, -0.2) is 45.2 Å². The van der Waals surface area contributed by atoms with Crippen LogP contribution in [0.1, 0.15) is 67.5 Å². The lowest BCUT2D eigenvalue weighted by Crippen LogP contribution is -2.47. The van der Waals surface area contributed by atoms with Gasteiger partial charge in [-0.2, -0.15) is 0 Å². The average Bonchev–Trinajstić information content (AvgIpc) is 3.51. The number of hydrogen-bond acceptors (Lipinski definition) is 5. The van der Waals surface area contributed by atoms with Crippen molar-refractivity contribution in [1.29, 1.82) is 0 Å². The molecule has 1 saturated heterocycles. The minimum absolute atomic E-state index is 0.714. The number of piperidine rings is 1. The van der Waals surface area contributed by atoms with Crippen LogP contribution >= 0.6 is 0 Å². The van der Waals surface area contributed by atoms with Crippen LogP contribution in [0.2, 0.25) is 0 Å². The summed E-state index contributed by atoms with van der Waals surface area (Å²) in [5.74, 6) is 2.53. The van der Waals surface area contributed by atoms with Crippen LogP contribution in [0.5, 0.6) is 0 Å². The number of anilines is 1. The van der Waals surface area contributed by atoms with E-state index < -0.39 is 0 Å². The predicted molar refractivity (Wildman–Crippen MR) is 158 cm³/mol. The largest absolute Gasteiger partial charge is 0.369 e. The molecule has 1 saturated carbocycles. The molecule has 2 aromatic carbocycles. The highest BCUT2D eigenvalue weighted by Crippen LogP contribution is 2.37. The molecule has 0 atom stereocenters. The number of aryl methyl sites for hydroxylation is 4. The number of nitrogens with zero attached hydrogens (tertiary/aromatic N) is 4. The maximum absolute atomic E-state index is 5.00. The van der Waals surface area contributed by atoms with Crippen molar-refractivity contribution in [2.45, 2.75) is 78.7 Å². The van der Waals surface area contributed by atoms with E-state index in [4.69, 9.17) is 9.97 Å². The highest BCUT2D eigenvalue weighted by atomic mass is 15.5. The molecule has 2 aliphatic rings. The molecule has 0 bridgehead atoms. The molecule has 1 aliphatic heterocycles. The van der Waals surface area contributed by atoms with Crippen molar-refractivity contribution in [1.82, 2.24) is 25.0 Å². The Hall–Kier alpha value is -2.96. The summed E-state index contributed by atoms with van der Waals surface area (Å²) in [4.78, 5) is 9.92. The van der Waals surface area contributed by atoms with Crippen molar-refractivity contribution in [3.8, 4) is 5.69 Å². The van der Waals surface area contributed by atoms with E-state index in [2.05, 4.69) is 77.5 Å². The summed E-state index contributed by atoms with van der Waals surface area (Å²) >= 11 is 0. The lowest BCUT2D eigenvalue weighted by atomic mass is 9.94. The van der Waals surface area contributed by atoms with Gasteiger partial charge in [-0.05, 0) is 82.9 Å². The molecule has 0 unspecified atom stereocenters. The van der Waals surface area contributed by atoms with Crippen molar-refractivity contribution in [2.75, 3.05) is 25.0 Å². The SMILES string of the molecule is Cc1cc(C)c(-n2c3ccccc3c3c(NCCC4CCN(NC5CCCC5)CC4)nc(C)nc32)c(C)c1. The highest BCUT2D eigenvalue weighted by molar-refractivity contribution is 6.13. The maximum Gasteiger partial charge on any atom is 0.151 e. The van der Waals surface area contributed by atoms with Crippen LogP contribution in [0, 0.1) is 33.6 Å². The van der Waals surface area contributed by atoms with Gasteiger partial charge in [0.05, 0.1) is 16.6 Å². The first kappa shape index (κ1) is 25.3. The molecular weight excluding hydrogens is 468 g/mol. The molecule has 4 aromatic rings. The summed E-state index contributed by atoms with van der Waals surface area (Å²) in [5.41, 5.74) is 11.0. The third-order valence-corrected chi connectivity index (χ3v) is 8.67. The zero-order valence-corrected chi connectivity index (χ0v) is 23.5. The van der Waals surface area contributed by atoms with Crippen molar-refractivity contribution in [3.05, 3.63) is 58.9 Å². The Bertz CT molecular complexity index is 1420. The maximum atomic E-state index is 5.00. The van der Waals surface area contributed by atoms with E-state index in [-0.39, 0.29) is 0 Å². The lowest BCUT2D eigenvalue weighted by Gasteiger charge is -2.34. The normalized spacial score (nSPS) is 17.7. The van der Waals surface area contributed by atoms with E-state index >= 15 is 0 Å². The minimum Gasteiger partial charge on any atom is -0.369 e. The van der Waals surface area contributed by atoms with Crippen LogP contribution in [-0.2, 0) is 0 Å². The van der Waals surface area contributed by atoms with Gasteiger partial charge in [-0.15, -0.1) is 0 Å². The van der Waals surface area contributed by atoms with Crippen molar-refractivity contribution in [3.63, 3.8) is 0 Å². The van der Waals surface area contributed by atoms with Crippen LogP contribution in [0.15, 0.2) is 36.4 Å². The number of fused-ring (bicyclic) bond motifs is 3. The van der Waals surface area contributed by atoms with E-state index in [9.17, 15) is 0 Å². The molecule has 38 heavy (non-hydrogen) atoms. The number of rotatable bonds is 7. The average molecular weight is 511 g/mol. The molecule has 6 heteroatoms. The van der Waals surface area contributed by atoms with Crippen molar-refractivity contribution >= 4 is 27.8 Å². The predicted octanol–water partition coefficient (Wildman–Crippen LogP) is 6.77. The quantitative estimate of drug-likeness (QED) is 0.287. The molecule has 0 amide bonds. The van der Waals surface area contributed by atoms with Gasteiger partial charge in [0, 0.05) is 31.1 Å². The van der Waals surface area contributed by atoms with Gasteiger partial charge in [0.15, 0.2) is 5.65 Å². The standard InChI is InChI=1S/C32H42N6/c1-21-19-22(2)30(23(3)20-21)38-28-12-8-7-11-27(28)29-31(34-24(4)35-32(29)38)33-16-13-25-14-17-37(18-15-25)36-26-9-5-6-10-26/h7-8,11-12,19-20,25-26,36H,5-6,9-10,13-18H2,1-4H3,(H,33,34,35). The Labute approximate surface area is 226 Å². The van der Waals surface area contributed by atoms with E-state index in [0.717, 1.165) is 35.1 Å². The van der Waals surface area contributed by atoms with Gasteiger partial charge < -0.3 is 5.32 Å². The lowest BCUT2D eigenvalue weighted by molar-refractivity contribution is 0.102. The van der Waals surface area contributed by atoms with Gasteiger partial charge >= 0.3 is 0 Å². The molecule has 2 fully saturated rings. The Morgan fingerprint density at radius 2 is 1.61 bits per heavy atom. The first-order valence-electron chi connectivity index (χ1n) is 14.6. The monoisotopic (exact) mass is 510 g/mol. The summed E-state index contributed by atoms with van der Waals surface area (Å²) in [5, 5.41) is 8.56. The van der Waals surface area contributed by atoms with Gasteiger partial charge in [-0.25, -0.2) is 15.0 Å². The second-order valence-electron chi connectivity index (χ2n) is 11.7. The van der Waals surface area contributed by atoms with Crippen LogP contribution < -0.4 is 10.7 Å². The smallest absolute Gasteiger partial charge is 0.151 e. The first-order chi connectivity index (χ1) is 18.5. The van der Waals surface area contributed by atoms with E-state index in [1.807, 2.05) is 6.92 Å². The topological polar surface area (TPSA) is 58.0 Å². The summed E-state index contributed by atoms with van der Waals surface area (Å²) < 4.78 is 2.35. The summed E-state index contributed by atoms with van der Waals surface area (Å²) in [6, 6.07) is 13.9. The zero-order valence-electron chi connectivity index (χ0n) is 23.5. The fourth-order valence-corrected chi connectivity index (χ4v) is 6.90. The fraction of sp³-hybridized carbons (Fsp3) is 0.500. The summed E-state index contributed by atoms with van der Waals surface area (Å²) in [6.07, 6.45) is 9.18. The summed E-state index contributed by atoms with van der Waals surface area (Å²) in [7, 11) is 0. The molecule has 0 spiro atoms. The minimum atomic E-state index is 0.714. The van der Waals surface area contributed by atoms with E-state index in [0.29, 0.717) is 6.04 Å². The molecule has 0 radical (unpaired) electrons. The van der Waals surface area contributed by atoms with Gasteiger partial charge in [0.25, 0.3) is 0 Å². The van der Waals surface area contributed by atoms with Crippen LogP contribution in [0.3, 0.4) is 0 Å². The first-order valence-corrected chi connectivity index (χ1v) is 14.6. The van der Waals surface area contributed by atoms with Crippen LogP contribution in [0.25, 0.3) is 27.6 Å². The molecule has 1 aliphatic carbocycles. The number of hydrogen-bond donors (Lipinski definition) is 2. The molecule has 2 N–H and O–H groups in total. The van der Waals surface area contributed by atoms with E-state index in [1.54, 1.807) is 0 Å². The van der Waals surface area contributed by atoms with Gasteiger partial charge in [-0.3, -0.25) is 9.99 Å².